The minimum Gasteiger partial charge on any atom is -0.465 e. The highest BCUT2D eigenvalue weighted by Crippen LogP contribution is 2.27. The zero-order chi connectivity index (χ0) is 12.0. The molecule has 0 bridgehead atoms. The molecule has 0 amide bonds. The Morgan fingerprint density at radius 3 is 2.94 bits per heavy atom. The van der Waals surface area contributed by atoms with Gasteiger partial charge in [0.25, 0.3) is 0 Å². The van der Waals surface area contributed by atoms with Crippen LogP contribution in [0, 0.1) is 0 Å². The smallest absolute Gasteiger partial charge is 0.344 e. The highest BCUT2D eigenvalue weighted by Gasteiger charge is 2.19. The summed E-state index contributed by atoms with van der Waals surface area (Å²) in [7, 11) is 2.96. The van der Waals surface area contributed by atoms with Crippen LogP contribution in [0.1, 0.15) is 16.8 Å². The van der Waals surface area contributed by atoms with Gasteiger partial charge in [0.2, 0.25) is 0 Å². The van der Waals surface area contributed by atoms with Crippen LogP contribution in [0.5, 0.6) is 0 Å². The van der Waals surface area contributed by atoms with Gasteiger partial charge in [-0.3, -0.25) is 0 Å². The quantitative estimate of drug-likeness (QED) is 0.573. The Balaban J connectivity index is 2.62. The van der Waals surface area contributed by atoms with Gasteiger partial charge in [-0.05, 0) is 18.0 Å². The van der Waals surface area contributed by atoms with E-state index in [0.717, 1.165) is 18.0 Å². The number of carbonyl (C=O) groups is 1. The first-order valence-electron chi connectivity index (χ1n) is 4.77. The number of nitrogen functional groups attached to an aromatic ring is 1. The summed E-state index contributed by atoms with van der Waals surface area (Å²) in [4.78, 5) is 11.4. The van der Waals surface area contributed by atoms with E-state index >= 15 is 0 Å². The summed E-state index contributed by atoms with van der Waals surface area (Å²) in [5.74, 6) is -0.272. The van der Waals surface area contributed by atoms with Crippen molar-refractivity contribution in [1.82, 2.24) is 4.37 Å². The number of anilines is 2. The van der Waals surface area contributed by atoms with Gasteiger partial charge in [0, 0.05) is 20.3 Å². The van der Waals surface area contributed by atoms with E-state index in [2.05, 4.69) is 14.4 Å². The van der Waals surface area contributed by atoms with Crippen LogP contribution in [0.2, 0.25) is 0 Å². The lowest BCUT2D eigenvalue weighted by atomic mass is 10.3. The Labute approximate surface area is 97.9 Å². The molecule has 1 rings (SSSR count). The van der Waals surface area contributed by atoms with Crippen LogP contribution < -0.4 is 11.1 Å². The van der Waals surface area contributed by atoms with E-state index in [-0.39, 0.29) is 5.82 Å². The molecule has 0 aromatic carbocycles. The number of methoxy groups -OCH3 is 2. The second kappa shape index (κ2) is 6.29. The molecule has 0 atom stereocenters. The molecule has 0 aliphatic rings. The van der Waals surface area contributed by atoms with Crippen LogP contribution in [0.3, 0.4) is 0 Å². The van der Waals surface area contributed by atoms with Crippen molar-refractivity contribution in [2.75, 3.05) is 38.4 Å². The standard InChI is InChI=1S/C9H15N3O3S/c1-14-5-3-4-11-8-6(9(13)15-2)7(10)12-16-8/h11H,3-5H2,1-2H3,(H2,10,12). The van der Waals surface area contributed by atoms with E-state index in [1.807, 2.05) is 0 Å². The van der Waals surface area contributed by atoms with Crippen molar-refractivity contribution in [3.8, 4) is 0 Å². The van der Waals surface area contributed by atoms with E-state index < -0.39 is 5.97 Å². The summed E-state index contributed by atoms with van der Waals surface area (Å²) in [5.41, 5.74) is 5.89. The van der Waals surface area contributed by atoms with Crippen molar-refractivity contribution in [1.29, 1.82) is 0 Å². The van der Waals surface area contributed by atoms with E-state index in [9.17, 15) is 4.79 Å². The molecule has 0 radical (unpaired) electrons. The van der Waals surface area contributed by atoms with Crippen molar-refractivity contribution in [3.63, 3.8) is 0 Å². The first-order valence-corrected chi connectivity index (χ1v) is 5.54. The molecule has 16 heavy (non-hydrogen) atoms. The normalized spacial score (nSPS) is 10.1. The van der Waals surface area contributed by atoms with E-state index in [1.54, 1.807) is 7.11 Å². The predicted octanol–water partition coefficient (Wildman–Crippen LogP) is 0.960. The largest absolute Gasteiger partial charge is 0.465 e. The van der Waals surface area contributed by atoms with Crippen LogP contribution in [-0.2, 0) is 9.47 Å². The molecule has 1 aromatic heterocycles. The minimum atomic E-state index is -0.472. The molecule has 3 N–H and O–H groups in total. The molecule has 0 fully saturated rings. The maximum absolute atomic E-state index is 11.4. The first kappa shape index (κ1) is 12.7. The fourth-order valence-electron chi connectivity index (χ4n) is 1.14. The summed E-state index contributed by atoms with van der Waals surface area (Å²) in [6, 6.07) is 0. The summed E-state index contributed by atoms with van der Waals surface area (Å²) in [5, 5.41) is 3.72. The Morgan fingerprint density at radius 1 is 1.56 bits per heavy atom. The topological polar surface area (TPSA) is 86.5 Å². The Morgan fingerprint density at radius 2 is 2.31 bits per heavy atom. The Hall–Kier alpha value is -1.34. The monoisotopic (exact) mass is 245 g/mol. The van der Waals surface area contributed by atoms with E-state index in [1.165, 1.54) is 7.11 Å². The van der Waals surface area contributed by atoms with Crippen LogP contribution in [-0.4, -0.2) is 37.7 Å². The van der Waals surface area contributed by atoms with Crippen LogP contribution in [0.15, 0.2) is 0 Å². The molecule has 7 heteroatoms. The van der Waals surface area contributed by atoms with Gasteiger partial charge in [0.05, 0.1) is 7.11 Å². The minimum absolute atomic E-state index is 0.200. The number of hydrogen-bond donors (Lipinski definition) is 2. The lowest BCUT2D eigenvalue weighted by Crippen LogP contribution is -2.09. The number of aromatic nitrogens is 1. The number of esters is 1. The maximum atomic E-state index is 11.4. The SMILES string of the molecule is COCCCNc1snc(N)c1C(=O)OC. The zero-order valence-corrected chi connectivity index (χ0v) is 10.1. The number of carbonyl (C=O) groups excluding carboxylic acids is 1. The van der Waals surface area contributed by atoms with Gasteiger partial charge < -0.3 is 20.5 Å². The van der Waals surface area contributed by atoms with Crippen molar-refractivity contribution in [2.24, 2.45) is 0 Å². The second-order valence-electron chi connectivity index (χ2n) is 3.04. The molecular formula is C9H15N3O3S. The average molecular weight is 245 g/mol. The van der Waals surface area contributed by atoms with Crippen molar-refractivity contribution in [2.45, 2.75) is 6.42 Å². The predicted molar refractivity (Wildman–Crippen MR) is 62.8 cm³/mol. The van der Waals surface area contributed by atoms with Crippen molar-refractivity contribution >= 4 is 28.3 Å². The first-order chi connectivity index (χ1) is 7.70. The Kier molecular flexibility index (Phi) is 5.00. The molecule has 0 unspecified atom stereocenters. The highest BCUT2D eigenvalue weighted by molar-refractivity contribution is 7.11. The number of rotatable bonds is 6. The molecule has 0 aliphatic heterocycles. The number of ether oxygens (including phenoxy) is 2. The third kappa shape index (κ3) is 3.07. The van der Waals surface area contributed by atoms with E-state index in [0.29, 0.717) is 23.7 Å². The Bertz CT molecular complexity index is 354. The molecule has 0 saturated heterocycles. The number of hydrogen-bond acceptors (Lipinski definition) is 7. The van der Waals surface area contributed by atoms with E-state index in [4.69, 9.17) is 10.5 Å². The molecule has 90 valence electrons. The number of nitrogens with one attached hydrogen (secondary N) is 1. The lowest BCUT2D eigenvalue weighted by Gasteiger charge is -2.05. The van der Waals surface area contributed by atoms with Crippen LogP contribution >= 0.6 is 11.5 Å². The maximum Gasteiger partial charge on any atom is 0.344 e. The summed E-state index contributed by atoms with van der Waals surface area (Å²) >= 11 is 1.15. The van der Waals surface area contributed by atoms with Gasteiger partial charge in [0.1, 0.15) is 10.6 Å². The number of nitrogens with zero attached hydrogens (tertiary/aromatic N) is 1. The molecule has 6 nitrogen and oxygen atoms in total. The fourth-order valence-corrected chi connectivity index (χ4v) is 1.87. The molecule has 1 aromatic rings. The van der Waals surface area contributed by atoms with Gasteiger partial charge in [-0.15, -0.1) is 0 Å². The fraction of sp³-hybridized carbons (Fsp3) is 0.556. The molecular weight excluding hydrogens is 230 g/mol. The van der Waals surface area contributed by atoms with Gasteiger partial charge in [-0.25, -0.2) is 4.79 Å². The second-order valence-corrected chi connectivity index (χ2v) is 3.81. The lowest BCUT2D eigenvalue weighted by molar-refractivity contribution is 0.0603. The van der Waals surface area contributed by atoms with Crippen LogP contribution in [0.4, 0.5) is 10.8 Å². The molecule has 0 aliphatic carbocycles. The third-order valence-electron chi connectivity index (χ3n) is 1.92. The third-order valence-corrected chi connectivity index (χ3v) is 2.74. The number of nitrogens with two attached hydrogens (primary N) is 1. The molecule has 0 saturated carbocycles. The van der Waals surface area contributed by atoms with Gasteiger partial charge in [-0.1, -0.05) is 0 Å². The molecule has 1 heterocycles. The van der Waals surface area contributed by atoms with Gasteiger partial charge in [0.15, 0.2) is 5.82 Å². The summed E-state index contributed by atoms with van der Waals surface area (Å²) in [6.45, 7) is 1.36. The highest BCUT2D eigenvalue weighted by atomic mass is 32.1. The van der Waals surface area contributed by atoms with Gasteiger partial charge >= 0.3 is 5.97 Å². The van der Waals surface area contributed by atoms with Crippen LogP contribution in [0.25, 0.3) is 0 Å². The van der Waals surface area contributed by atoms with Gasteiger partial charge in [-0.2, -0.15) is 4.37 Å². The molecule has 0 spiro atoms. The summed E-state index contributed by atoms with van der Waals surface area (Å²) in [6.07, 6.45) is 0.842. The average Bonchev–Trinajstić information content (AvgIpc) is 2.65. The van der Waals surface area contributed by atoms with Crippen molar-refractivity contribution in [3.05, 3.63) is 5.56 Å². The summed E-state index contributed by atoms with van der Waals surface area (Å²) < 4.78 is 13.5. The zero-order valence-electron chi connectivity index (χ0n) is 9.28. The van der Waals surface area contributed by atoms with Crippen molar-refractivity contribution < 1.29 is 14.3 Å².